The maximum absolute atomic E-state index is 12.3. The number of hydrogen-bond acceptors (Lipinski definition) is 12. The summed E-state index contributed by atoms with van der Waals surface area (Å²) in [4.78, 5) is 32.1. The van der Waals surface area contributed by atoms with Gasteiger partial charge in [0, 0.05) is 125 Å². The number of carbonyl (C=O) groups excluding carboxylic acids is 1. The molecule has 4 aliphatic rings. The lowest BCUT2D eigenvalue weighted by molar-refractivity contribution is -0.192. The minimum atomic E-state index is -5.08. The summed E-state index contributed by atoms with van der Waals surface area (Å²) in [5.41, 5.74) is 4.07. The smallest absolute Gasteiger partial charge is 0.475 e. The maximum atomic E-state index is 12.3. The second-order valence-corrected chi connectivity index (χ2v) is 21.2. The number of rotatable bonds is 10. The van der Waals surface area contributed by atoms with Crippen LogP contribution in [-0.2, 0) is 42.7 Å². The predicted octanol–water partition coefficient (Wildman–Crippen LogP) is 4.03. The van der Waals surface area contributed by atoms with E-state index in [1.54, 1.807) is 4.90 Å². The number of ether oxygens (including phenoxy) is 1. The number of nitrogens with zero attached hydrogens (tertiary/aromatic N) is 5. The highest BCUT2D eigenvalue weighted by Crippen LogP contribution is 2.31. The Morgan fingerprint density at radius 1 is 0.742 bits per heavy atom. The fourth-order valence-corrected chi connectivity index (χ4v) is 9.38. The second kappa shape index (κ2) is 22.2. The van der Waals surface area contributed by atoms with Crippen LogP contribution in [0, 0.1) is 0 Å². The van der Waals surface area contributed by atoms with Gasteiger partial charge in [-0.3, -0.25) is 9.80 Å². The Kier molecular flexibility index (Phi) is 18.4. The van der Waals surface area contributed by atoms with Crippen molar-refractivity contribution in [2.45, 2.75) is 70.6 Å². The molecule has 2 aromatic rings. The molecule has 4 saturated heterocycles. The number of alkyl halides is 3. The van der Waals surface area contributed by atoms with Gasteiger partial charge in [0.15, 0.2) is 0 Å². The maximum Gasteiger partial charge on any atom is 0.490 e. The number of benzene rings is 2. The number of nitrogens with one attached hydrogen (secondary N) is 3. The van der Waals surface area contributed by atoms with Crippen LogP contribution in [0.25, 0.3) is 0 Å². The second-order valence-electron chi connectivity index (χ2n) is 16.8. The van der Waals surface area contributed by atoms with Crippen molar-refractivity contribution in [3.05, 3.63) is 57.6 Å². The normalized spacial score (nSPS) is 20.6. The first-order valence-electron chi connectivity index (χ1n) is 20.2. The lowest BCUT2D eigenvalue weighted by atomic mass is 10.1. The number of hydrogen-bond donors (Lipinski definition) is 4. The third-order valence-corrected chi connectivity index (χ3v) is 12.2. The molecule has 4 fully saturated rings. The highest BCUT2D eigenvalue weighted by Gasteiger charge is 2.38. The molecule has 350 valence electrons. The Hall–Kier alpha value is -3.15. The first-order chi connectivity index (χ1) is 28.7. The highest BCUT2D eigenvalue weighted by atomic mass is 35.5. The van der Waals surface area contributed by atoms with E-state index in [1.165, 1.54) is 18.1 Å². The third-order valence-electron chi connectivity index (χ3n) is 10.2. The zero-order chi connectivity index (χ0) is 46.0. The van der Waals surface area contributed by atoms with Crippen LogP contribution in [0.4, 0.5) is 29.3 Å². The van der Waals surface area contributed by atoms with Crippen molar-refractivity contribution in [1.82, 2.24) is 29.5 Å². The summed E-state index contributed by atoms with van der Waals surface area (Å²) in [5.74, 6) is -2.76. The summed E-state index contributed by atoms with van der Waals surface area (Å²) in [7, 11) is -6.40. The summed E-state index contributed by atoms with van der Waals surface area (Å²) in [6, 6.07) is 11.8. The molecule has 16 nitrogen and oxygen atoms in total. The molecule has 0 aromatic heterocycles. The van der Waals surface area contributed by atoms with Gasteiger partial charge in [0.05, 0.1) is 12.5 Å². The van der Waals surface area contributed by atoms with Crippen LogP contribution >= 0.6 is 23.2 Å². The number of sulfonamides is 2. The van der Waals surface area contributed by atoms with E-state index >= 15 is 0 Å². The van der Waals surface area contributed by atoms with Crippen molar-refractivity contribution in [2.75, 3.05) is 101 Å². The van der Waals surface area contributed by atoms with Gasteiger partial charge in [0.1, 0.15) is 5.60 Å². The molecular weight excluding hydrogens is 901 g/mol. The van der Waals surface area contributed by atoms with Gasteiger partial charge < -0.3 is 29.9 Å². The molecule has 23 heteroatoms. The molecule has 4 aliphatic heterocycles. The van der Waals surface area contributed by atoms with E-state index in [0.717, 1.165) is 95.2 Å². The van der Waals surface area contributed by atoms with Crippen LogP contribution in [0.15, 0.2) is 36.4 Å². The summed E-state index contributed by atoms with van der Waals surface area (Å²) in [6.45, 7) is 17.1. The SMILES string of the molecule is CC(C)(C)OC(=O)N1CCN(Cc2ccc(Cl)cc2N2CC[C@@H](NS(C)(=O)=O)C2)CC1.CS(=O)(=O)N[C@@H]1CCN(c2cc(Cl)ccc2CN2CCNCC2)C1.O=C(O)C(F)(F)F. The highest BCUT2D eigenvalue weighted by molar-refractivity contribution is 7.89. The van der Waals surface area contributed by atoms with Crippen molar-refractivity contribution in [2.24, 2.45) is 0 Å². The van der Waals surface area contributed by atoms with Crippen molar-refractivity contribution >= 4 is 66.7 Å². The van der Waals surface area contributed by atoms with E-state index in [0.29, 0.717) is 36.2 Å². The van der Waals surface area contributed by atoms with E-state index in [-0.39, 0.29) is 18.2 Å². The fraction of sp³-hybridized carbons (Fsp3) is 0.641. The van der Waals surface area contributed by atoms with Crippen LogP contribution in [-0.4, -0.2) is 164 Å². The average Bonchev–Trinajstić information content (AvgIpc) is 3.81. The Balaban J connectivity index is 0.000000242. The Morgan fingerprint density at radius 3 is 1.52 bits per heavy atom. The van der Waals surface area contributed by atoms with E-state index in [9.17, 15) is 34.8 Å². The van der Waals surface area contributed by atoms with Crippen molar-refractivity contribution < 1.29 is 49.4 Å². The lowest BCUT2D eigenvalue weighted by Crippen LogP contribution is -2.49. The van der Waals surface area contributed by atoms with Gasteiger partial charge in [-0.05, 0) is 69.0 Å². The first-order valence-corrected chi connectivity index (χ1v) is 24.7. The molecule has 6 rings (SSSR count). The van der Waals surface area contributed by atoms with Crippen LogP contribution in [0.5, 0.6) is 0 Å². The molecule has 62 heavy (non-hydrogen) atoms. The zero-order valence-corrected chi connectivity index (χ0v) is 38.8. The van der Waals surface area contributed by atoms with Crippen molar-refractivity contribution in [3.8, 4) is 0 Å². The quantitative estimate of drug-likeness (QED) is 0.268. The number of carboxylic acids is 1. The Bertz CT molecular complexity index is 2050. The van der Waals surface area contributed by atoms with E-state index < -0.39 is 37.8 Å². The lowest BCUT2D eigenvalue weighted by Gasteiger charge is -2.36. The van der Waals surface area contributed by atoms with E-state index in [1.807, 2.05) is 51.1 Å². The minimum absolute atomic E-state index is 0.0361. The monoisotopic (exact) mass is 958 g/mol. The molecule has 0 radical (unpaired) electrons. The molecule has 2 aromatic carbocycles. The summed E-state index contributed by atoms with van der Waals surface area (Å²) < 4.78 is 88.7. The number of aliphatic carboxylic acids is 1. The Morgan fingerprint density at radius 2 is 1.15 bits per heavy atom. The number of carbonyl (C=O) groups is 2. The number of carboxylic acid groups (broad SMARTS) is 1. The fourth-order valence-electron chi connectivity index (χ4n) is 7.45. The van der Waals surface area contributed by atoms with Crippen molar-refractivity contribution in [1.29, 1.82) is 0 Å². The van der Waals surface area contributed by atoms with Crippen molar-refractivity contribution in [3.63, 3.8) is 0 Å². The van der Waals surface area contributed by atoms with Crippen LogP contribution < -0.4 is 24.6 Å². The standard InChI is InChI=1S/C21H33ClN4O4S.C16H25ClN4O2S.C2HF3O2/c1-21(2,3)30-20(27)25-11-9-24(10-12-25)14-16-5-6-17(22)13-19(16)26-8-7-18(15-26)23-31(4,28)29;1-24(22,23)19-15-4-7-21(12-15)16-10-14(17)3-2-13(16)11-20-8-5-18-6-9-20;3-2(4,5)1(6)7/h5-6,13,18,23H,7-12,14-15H2,1-4H3;2-3,10,15,18-19H,4-9,11-12H2,1H3;(H,6,7)/t18-;15-;/m11./s1. The Labute approximate surface area is 373 Å². The van der Waals surface area contributed by atoms with Gasteiger partial charge in [-0.2, -0.15) is 13.2 Å². The molecule has 0 saturated carbocycles. The third kappa shape index (κ3) is 17.8. The molecule has 4 heterocycles. The summed E-state index contributed by atoms with van der Waals surface area (Å²) in [6.07, 6.45) is -1.37. The predicted molar refractivity (Wildman–Crippen MR) is 235 cm³/mol. The van der Waals surface area contributed by atoms with Gasteiger partial charge in [-0.15, -0.1) is 0 Å². The van der Waals surface area contributed by atoms with Crippen LogP contribution in [0.1, 0.15) is 44.7 Å². The van der Waals surface area contributed by atoms with Crippen LogP contribution in [0.2, 0.25) is 10.0 Å². The first kappa shape index (κ1) is 51.5. The molecular formula is C39H59Cl2F3N8O8S2. The molecule has 0 aliphatic carbocycles. The molecule has 4 N–H and O–H groups in total. The van der Waals surface area contributed by atoms with Gasteiger partial charge in [0.2, 0.25) is 20.0 Å². The zero-order valence-electron chi connectivity index (χ0n) is 35.7. The minimum Gasteiger partial charge on any atom is -0.475 e. The average molecular weight is 960 g/mol. The molecule has 0 unspecified atom stereocenters. The molecule has 2 atom stereocenters. The largest absolute Gasteiger partial charge is 0.490 e. The topological polar surface area (TPSA) is 184 Å². The van der Waals surface area contributed by atoms with Gasteiger partial charge in [-0.1, -0.05) is 35.3 Å². The summed E-state index contributed by atoms with van der Waals surface area (Å²) >= 11 is 12.5. The van der Waals surface area contributed by atoms with E-state index in [2.05, 4.69) is 40.4 Å². The molecule has 0 bridgehead atoms. The van der Waals surface area contributed by atoms with Crippen LogP contribution in [0.3, 0.4) is 0 Å². The van der Waals surface area contributed by atoms with Gasteiger partial charge in [0.25, 0.3) is 0 Å². The molecule has 1 amide bonds. The number of anilines is 2. The van der Waals surface area contributed by atoms with E-state index in [4.69, 9.17) is 37.8 Å². The number of piperazine rings is 2. The van der Waals surface area contributed by atoms with Gasteiger partial charge in [-0.25, -0.2) is 35.9 Å². The summed E-state index contributed by atoms with van der Waals surface area (Å²) in [5, 5.41) is 11.9. The number of halogens is 5. The van der Waals surface area contributed by atoms with Gasteiger partial charge >= 0.3 is 18.2 Å². The number of amides is 1. The molecule has 0 spiro atoms.